The minimum absolute atomic E-state index is 0.733. The maximum atomic E-state index is 2.48. The Balaban J connectivity index is 1.57. The van der Waals surface area contributed by atoms with E-state index in [9.17, 15) is 0 Å². The van der Waals surface area contributed by atoms with Crippen LogP contribution in [-0.2, 0) is 20.3 Å². The molecule has 1 heterocycles. The van der Waals surface area contributed by atoms with E-state index in [1.807, 2.05) is 0 Å². The Morgan fingerprint density at radius 2 is 1.19 bits per heavy atom. The summed E-state index contributed by atoms with van der Waals surface area (Å²) in [6.45, 7) is 2.40. The molecule has 0 amide bonds. The summed E-state index contributed by atoms with van der Waals surface area (Å²) in [6, 6.07) is 27.7. The fourth-order valence-corrected chi connectivity index (χ4v) is 23.4. The van der Waals surface area contributed by atoms with E-state index in [-0.39, 0.29) is 0 Å². The van der Waals surface area contributed by atoms with Gasteiger partial charge in [-0.2, -0.15) is 0 Å². The van der Waals surface area contributed by atoms with Gasteiger partial charge >= 0.3 is 161 Å². The van der Waals surface area contributed by atoms with Gasteiger partial charge in [0.15, 0.2) is 0 Å². The summed E-state index contributed by atoms with van der Waals surface area (Å²) in [5, 5.41) is 0. The van der Waals surface area contributed by atoms with Crippen molar-refractivity contribution in [3.05, 3.63) is 101 Å². The zero-order valence-corrected chi connectivity index (χ0v) is 17.5. The van der Waals surface area contributed by atoms with E-state index >= 15 is 0 Å². The van der Waals surface area contributed by atoms with Gasteiger partial charge in [0, 0.05) is 0 Å². The number of benzene rings is 3. The predicted molar refractivity (Wildman–Crippen MR) is 106 cm³/mol. The summed E-state index contributed by atoms with van der Waals surface area (Å²) in [7, 11) is 0. The van der Waals surface area contributed by atoms with Gasteiger partial charge < -0.3 is 0 Å². The zero-order valence-electron chi connectivity index (χ0n) is 15.1. The topological polar surface area (TPSA) is 0 Å². The van der Waals surface area contributed by atoms with E-state index in [4.69, 9.17) is 0 Å². The molecule has 1 aliphatic heterocycles. The molecular weight excluding hydrogens is 391 g/mol. The van der Waals surface area contributed by atoms with Crippen LogP contribution < -0.4 is 0 Å². The summed E-state index contributed by atoms with van der Waals surface area (Å²) in [5.41, 5.74) is 11.0. The Labute approximate surface area is 160 Å². The van der Waals surface area contributed by atoms with Gasteiger partial charge in [0.05, 0.1) is 0 Å². The van der Waals surface area contributed by atoms with Crippen molar-refractivity contribution in [1.29, 1.82) is 0 Å². The molecule has 126 valence electrons. The van der Waals surface area contributed by atoms with Crippen molar-refractivity contribution < 1.29 is 20.3 Å². The third-order valence-corrected chi connectivity index (χ3v) is 20.1. The number of allylic oxidation sites excluding steroid dienone is 1. The second-order valence-electron chi connectivity index (χ2n) is 8.29. The molecule has 0 N–H and O–H groups in total. The first kappa shape index (κ1) is 15.4. The van der Waals surface area contributed by atoms with E-state index in [1.165, 1.54) is 24.9 Å². The number of fused-ring (bicyclic) bond motifs is 4. The third kappa shape index (κ3) is 1.93. The normalized spacial score (nSPS) is 21.7. The summed E-state index contributed by atoms with van der Waals surface area (Å²) >= 11 is -2.40. The Morgan fingerprint density at radius 3 is 1.81 bits per heavy atom. The summed E-state index contributed by atoms with van der Waals surface area (Å²) in [5.74, 6) is 0. The molecule has 3 aliphatic rings. The molecule has 2 aliphatic carbocycles. The first-order valence-corrected chi connectivity index (χ1v) is 16.1. The fourth-order valence-electron chi connectivity index (χ4n) is 5.91. The van der Waals surface area contributed by atoms with Crippen LogP contribution in [0.3, 0.4) is 0 Å². The molecule has 1 heteroatoms. The van der Waals surface area contributed by atoms with Gasteiger partial charge in [0.1, 0.15) is 0 Å². The molecule has 0 saturated carbocycles. The molecule has 1 unspecified atom stereocenters. The van der Waals surface area contributed by atoms with Gasteiger partial charge in [-0.3, -0.25) is 0 Å². The van der Waals surface area contributed by atoms with Gasteiger partial charge in [0.2, 0.25) is 0 Å². The van der Waals surface area contributed by atoms with Crippen LogP contribution in [-0.4, -0.2) is 0 Å². The molecule has 0 aromatic heterocycles. The van der Waals surface area contributed by atoms with Crippen LogP contribution in [0.25, 0.3) is 17.2 Å². The van der Waals surface area contributed by atoms with Gasteiger partial charge in [-0.05, 0) is 0 Å². The average Bonchev–Trinajstić information content (AvgIpc) is 3.26. The molecule has 6 rings (SSSR count). The van der Waals surface area contributed by atoms with Crippen LogP contribution in [0.4, 0.5) is 0 Å². The van der Waals surface area contributed by atoms with Crippen LogP contribution in [0.15, 0.2) is 78.4 Å². The summed E-state index contributed by atoms with van der Waals surface area (Å²) < 4.78 is 4.57. The molecule has 0 spiro atoms. The van der Waals surface area contributed by atoms with Gasteiger partial charge in [0.25, 0.3) is 0 Å². The van der Waals surface area contributed by atoms with E-state index in [2.05, 4.69) is 85.8 Å². The van der Waals surface area contributed by atoms with Gasteiger partial charge in [-0.1, -0.05) is 0 Å². The monoisotopic (exact) mass is 412 g/mol. The zero-order chi connectivity index (χ0) is 17.3. The van der Waals surface area contributed by atoms with Crippen LogP contribution in [0.2, 0.25) is 8.26 Å². The van der Waals surface area contributed by atoms with E-state index in [0.29, 0.717) is 0 Å². The summed E-state index contributed by atoms with van der Waals surface area (Å²) in [6.07, 6.45) is 2.48. The number of rotatable bonds is 2. The van der Waals surface area contributed by atoms with Crippen LogP contribution >= 0.6 is 0 Å². The van der Waals surface area contributed by atoms with Crippen molar-refractivity contribution in [3.63, 3.8) is 0 Å². The van der Waals surface area contributed by atoms with Crippen molar-refractivity contribution in [2.24, 2.45) is 0 Å². The van der Waals surface area contributed by atoms with Gasteiger partial charge in [-0.25, -0.2) is 0 Å². The van der Waals surface area contributed by atoms with Crippen LogP contribution in [0, 0.1) is 0 Å². The molecule has 0 bridgehead atoms. The van der Waals surface area contributed by atoms with Crippen molar-refractivity contribution in [1.82, 2.24) is 0 Å². The molecule has 0 radical (unpaired) electrons. The molecule has 1 atom stereocenters. The Hall–Kier alpha value is -1.72. The van der Waals surface area contributed by atoms with E-state index in [1.54, 1.807) is 22.3 Å². The second kappa shape index (κ2) is 5.40. The van der Waals surface area contributed by atoms with E-state index < -0.39 is 20.3 Å². The van der Waals surface area contributed by atoms with Crippen molar-refractivity contribution in [2.75, 3.05) is 0 Å². The maximum absolute atomic E-state index is 2.48. The molecule has 3 aromatic rings. The van der Waals surface area contributed by atoms with Crippen molar-refractivity contribution in [2.45, 2.75) is 22.4 Å². The van der Waals surface area contributed by atoms with Crippen molar-refractivity contribution >= 4 is 6.08 Å². The van der Waals surface area contributed by atoms with Crippen molar-refractivity contribution in [3.8, 4) is 11.1 Å². The second-order valence-corrected chi connectivity index (χ2v) is 19.6. The Morgan fingerprint density at radius 1 is 0.654 bits per heavy atom. The molecule has 26 heavy (non-hydrogen) atoms. The minimum atomic E-state index is -2.40. The Kier molecular flexibility index (Phi) is 3.19. The molecule has 1 fully saturated rings. The average molecular weight is 414 g/mol. The predicted octanol–water partition coefficient (Wildman–Crippen LogP) is 6.92. The molecule has 3 aromatic carbocycles. The molecule has 1 saturated heterocycles. The van der Waals surface area contributed by atoms with E-state index in [0.717, 1.165) is 7.25 Å². The third-order valence-electron chi connectivity index (χ3n) is 6.96. The number of hydrogen-bond acceptors (Lipinski definition) is 0. The standard InChI is InChI=1S/C13H9.C10H9.C2H4.Zr/c1-3-7-12-10(5-1)9-11-6-2-4-8-13(11)12;1-8-6-9-4-2-3-5-10(9)7-8;1-2;/h1-9H;2-7H,1H3;1-2H2;. The number of hydrogen-bond donors (Lipinski definition) is 0. The molecule has 0 nitrogen and oxygen atoms in total. The molecular formula is C25H22Zr. The summed E-state index contributed by atoms with van der Waals surface area (Å²) in [4.78, 5) is 0. The quantitative estimate of drug-likeness (QED) is 0.428. The SMILES string of the molecule is CC1=Cc2ccccc2[CH]1[Zr]1([CH]2c3ccccc3-c3ccccc32)[CH2][CH2]1. The Bertz CT molecular complexity index is 1030. The first-order valence-electron chi connectivity index (χ1n) is 9.75. The van der Waals surface area contributed by atoms with Crippen LogP contribution in [0.1, 0.15) is 36.4 Å². The van der Waals surface area contributed by atoms with Gasteiger partial charge in [-0.15, -0.1) is 0 Å². The first-order chi connectivity index (χ1) is 12.8. The fraction of sp³-hybridized carbons (Fsp3) is 0.200. The van der Waals surface area contributed by atoms with Crippen LogP contribution in [0.5, 0.6) is 0 Å².